The van der Waals surface area contributed by atoms with Gasteiger partial charge >= 0.3 is 5.97 Å². The second-order valence-electron chi connectivity index (χ2n) is 3.91. The van der Waals surface area contributed by atoms with E-state index in [0.29, 0.717) is 18.5 Å². The number of primary amides is 1. The first-order chi connectivity index (χ1) is 7.99. The highest BCUT2D eigenvalue weighted by atomic mass is 16.4. The minimum absolute atomic E-state index is 0.138. The first kappa shape index (κ1) is 13.0. The highest BCUT2D eigenvalue weighted by molar-refractivity contribution is 5.90. The Hall–Kier alpha value is -2.04. The Balaban J connectivity index is 2.50. The smallest absolute Gasteiger partial charge is 0.303 e. The van der Waals surface area contributed by atoms with Crippen molar-refractivity contribution in [2.24, 2.45) is 5.73 Å². The molecule has 1 aromatic heterocycles. The topological polar surface area (TPSA) is 96.2 Å². The molecule has 4 N–H and O–H groups in total. The molecule has 0 fully saturated rings. The summed E-state index contributed by atoms with van der Waals surface area (Å²) in [6.45, 7) is 1.89. The number of aliphatic carboxylic acids is 1. The predicted molar refractivity (Wildman–Crippen MR) is 63.6 cm³/mol. The van der Waals surface area contributed by atoms with E-state index in [9.17, 15) is 9.59 Å². The monoisotopic (exact) mass is 236 g/mol. The van der Waals surface area contributed by atoms with E-state index < -0.39 is 11.9 Å². The molecule has 1 heterocycles. The van der Waals surface area contributed by atoms with Crippen molar-refractivity contribution < 1.29 is 14.7 Å². The number of rotatable bonds is 6. The fraction of sp³-hybridized carbons (Fsp3) is 0.333. The number of allylic oxidation sites excluding steroid dienone is 2. The van der Waals surface area contributed by atoms with Crippen LogP contribution in [0.5, 0.6) is 0 Å². The number of carboxylic acid groups (broad SMARTS) is 1. The number of H-pyrrole nitrogens is 1. The summed E-state index contributed by atoms with van der Waals surface area (Å²) in [6, 6.07) is 3.43. The standard InChI is InChI=1S/C12H16N2O3/c1-8(3-7-11(15)16)2-4-9-5-6-10(14-9)12(13)17/h2,5-6,14H,3-4,7H2,1H3,(H2,13,17)(H,15,16)/b8-2+. The molecule has 1 aromatic rings. The van der Waals surface area contributed by atoms with Gasteiger partial charge in [-0.2, -0.15) is 0 Å². The third kappa shape index (κ3) is 4.55. The van der Waals surface area contributed by atoms with Crippen molar-refractivity contribution in [1.29, 1.82) is 0 Å². The van der Waals surface area contributed by atoms with Crippen molar-refractivity contribution in [3.05, 3.63) is 35.2 Å². The number of aromatic nitrogens is 1. The molecule has 0 aliphatic rings. The molecule has 0 aliphatic carbocycles. The Bertz CT molecular complexity index is 446. The lowest BCUT2D eigenvalue weighted by Gasteiger charge is -1.98. The highest BCUT2D eigenvalue weighted by Gasteiger charge is 2.03. The molecule has 5 nitrogen and oxygen atoms in total. The Morgan fingerprint density at radius 3 is 2.65 bits per heavy atom. The fourth-order valence-corrected chi connectivity index (χ4v) is 1.39. The van der Waals surface area contributed by atoms with Gasteiger partial charge in [0.1, 0.15) is 5.69 Å². The summed E-state index contributed by atoms with van der Waals surface area (Å²) in [5, 5.41) is 8.53. The van der Waals surface area contributed by atoms with Crippen LogP contribution in [0.15, 0.2) is 23.8 Å². The Kier molecular flexibility index (Phi) is 4.51. The maximum atomic E-state index is 10.8. The van der Waals surface area contributed by atoms with E-state index in [4.69, 9.17) is 10.8 Å². The SMILES string of the molecule is C/C(=C\Cc1ccc(C(N)=O)[nH]1)CCC(=O)O. The van der Waals surface area contributed by atoms with Gasteiger partial charge in [0.25, 0.3) is 5.91 Å². The van der Waals surface area contributed by atoms with Crippen LogP contribution >= 0.6 is 0 Å². The third-order valence-electron chi connectivity index (χ3n) is 2.42. The van der Waals surface area contributed by atoms with Crippen LogP contribution in [0.1, 0.15) is 35.9 Å². The molecule has 0 aromatic carbocycles. The Morgan fingerprint density at radius 1 is 1.41 bits per heavy atom. The van der Waals surface area contributed by atoms with E-state index >= 15 is 0 Å². The maximum Gasteiger partial charge on any atom is 0.303 e. The second kappa shape index (κ2) is 5.89. The van der Waals surface area contributed by atoms with Gasteiger partial charge in [-0.1, -0.05) is 11.6 Å². The van der Waals surface area contributed by atoms with E-state index in [1.165, 1.54) is 0 Å². The number of hydrogen-bond acceptors (Lipinski definition) is 2. The van der Waals surface area contributed by atoms with Gasteiger partial charge in [-0.15, -0.1) is 0 Å². The van der Waals surface area contributed by atoms with Crippen LogP contribution in [0.2, 0.25) is 0 Å². The zero-order valence-corrected chi connectivity index (χ0v) is 9.69. The van der Waals surface area contributed by atoms with Crippen molar-refractivity contribution in [2.45, 2.75) is 26.2 Å². The number of aromatic amines is 1. The van der Waals surface area contributed by atoms with E-state index in [2.05, 4.69) is 4.98 Å². The zero-order chi connectivity index (χ0) is 12.8. The van der Waals surface area contributed by atoms with Gasteiger partial charge in [-0.05, 0) is 25.5 Å². The van der Waals surface area contributed by atoms with Gasteiger partial charge in [0.15, 0.2) is 0 Å². The number of carbonyl (C=O) groups is 2. The molecule has 0 bridgehead atoms. The molecule has 0 radical (unpaired) electrons. The maximum absolute atomic E-state index is 10.8. The van der Waals surface area contributed by atoms with Crippen LogP contribution in [0.4, 0.5) is 0 Å². The molecule has 1 amide bonds. The third-order valence-corrected chi connectivity index (χ3v) is 2.42. The molecule has 17 heavy (non-hydrogen) atoms. The van der Waals surface area contributed by atoms with Crippen LogP contribution in [-0.4, -0.2) is 22.0 Å². The van der Waals surface area contributed by atoms with Gasteiger partial charge in [-0.3, -0.25) is 9.59 Å². The molecule has 0 saturated heterocycles. The largest absolute Gasteiger partial charge is 0.481 e. The minimum Gasteiger partial charge on any atom is -0.481 e. The normalized spacial score (nSPS) is 11.5. The Morgan fingerprint density at radius 2 is 2.12 bits per heavy atom. The lowest BCUT2D eigenvalue weighted by atomic mass is 10.1. The number of nitrogens with one attached hydrogen (secondary N) is 1. The molecule has 0 unspecified atom stereocenters. The molecule has 0 spiro atoms. The number of nitrogens with two attached hydrogens (primary N) is 1. The van der Waals surface area contributed by atoms with Crippen LogP contribution in [0.3, 0.4) is 0 Å². The molecule has 0 saturated carbocycles. The molecular weight excluding hydrogens is 220 g/mol. The molecule has 5 heteroatoms. The number of hydrogen-bond donors (Lipinski definition) is 3. The van der Waals surface area contributed by atoms with E-state index in [1.807, 2.05) is 13.0 Å². The Labute approximate surface area is 99.3 Å². The molecular formula is C12H16N2O3. The lowest BCUT2D eigenvalue weighted by molar-refractivity contribution is -0.136. The summed E-state index contributed by atoms with van der Waals surface area (Å²) in [4.78, 5) is 24.1. The summed E-state index contributed by atoms with van der Waals surface area (Å²) >= 11 is 0. The number of amides is 1. The molecule has 92 valence electrons. The van der Waals surface area contributed by atoms with Crippen LogP contribution in [-0.2, 0) is 11.2 Å². The summed E-state index contributed by atoms with van der Waals surface area (Å²) in [5.41, 5.74) is 7.40. The molecule has 0 aliphatic heterocycles. The van der Waals surface area contributed by atoms with Gasteiger partial charge < -0.3 is 15.8 Å². The predicted octanol–water partition coefficient (Wildman–Crippen LogP) is 1.47. The van der Waals surface area contributed by atoms with Crippen LogP contribution in [0.25, 0.3) is 0 Å². The van der Waals surface area contributed by atoms with Crippen LogP contribution in [0, 0.1) is 0 Å². The summed E-state index contributed by atoms with van der Waals surface area (Å²) < 4.78 is 0. The highest BCUT2D eigenvalue weighted by Crippen LogP contribution is 2.08. The van der Waals surface area contributed by atoms with E-state index in [-0.39, 0.29) is 6.42 Å². The molecule has 1 rings (SSSR count). The second-order valence-corrected chi connectivity index (χ2v) is 3.91. The first-order valence-electron chi connectivity index (χ1n) is 5.34. The van der Waals surface area contributed by atoms with Gasteiger partial charge in [-0.25, -0.2) is 0 Å². The van der Waals surface area contributed by atoms with Crippen molar-refractivity contribution >= 4 is 11.9 Å². The van der Waals surface area contributed by atoms with Gasteiger partial charge in [0, 0.05) is 18.5 Å². The van der Waals surface area contributed by atoms with Crippen molar-refractivity contribution in [1.82, 2.24) is 4.98 Å². The van der Waals surface area contributed by atoms with E-state index in [0.717, 1.165) is 11.3 Å². The fourth-order valence-electron chi connectivity index (χ4n) is 1.39. The molecule has 0 atom stereocenters. The van der Waals surface area contributed by atoms with Crippen molar-refractivity contribution in [2.75, 3.05) is 0 Å². The van der Waals surface area contributed by atoms with Crippen molar-refractivity contribution in [3.63, 3.8) is 0 Å². The summed E-state index contributed by atoms with van der Waals surface area (Å²) in [6.07, 6.45) is 3.26. The first-order valence-corrected chi connectivity index (χ1v) is 5.34. The van der Waals surface area contributed by atoms with E-state index in [1.54, 1.807) is 12.1 Å². The summed E-state index contributed by atoms with van der Waals surface area (Å²) in [5.74, 6) is -1.28. The average Bonchev–Trinajstić information content (AvgIpc) is 2.72. The van der Waals surface area contributed by atoms with Crippen molar-refractivity contribution in [3.8, 4) is 0 Å². The van der Waals surface area contributed by atoms with Gasteiger partial charge in [0.05, 0.1) is 0 Å². The lowest BCUT2D eigenvalue weighted by Crippen LogP contribution is -2.11. The number of carbonyl (C=O) groups excluding carboxylic acids is 1. The minimum atomic E-state index is -0.798. The van der Waals surface area contributed by atoms with Gasteiger partial charge in [0.2, 0.25) is 0 Å². The number of carboxylic acids is 1. The zero-order valence-electron chi connectivity index (χ0n) is 9.69. The summed E-state index contributed by atoms with van der Waals surface area (Å²) in [7, 11) is 0. The van der Waals surface area contributed by atoms with Crippen LogP contribution < -0.4 is 5.73 Å². The quantitative estimate of drug-likeness (QED) is 0.652. The average molecular weight is 236 g/mol.